The number of benzene rings is 3. The maximum absolute atomic E-state index is 12.8. The fourth-order valence-corrected chi connectivity index (χ4v) is 5.01. The molecule has 1 aromatic heterocycles. The summed E-state index contributed by atoms with van der Waals surface area (Å²) < 4.78 is 30.9. The SMILES string of the molecule is O=C(Nc1ccccc1)Nc1nc2cc(OS(=O)(=O)c3ccc(NC4CCCC4)cc3)ccc2[nH]1. The van der Waals surface area contributed by atoms with Gasteiger partial charge in [-0.05, 0) is 61.4 Å². The van der Waals surface area contributed by atoms with E-state index in [1.165, 1.54) is 37.1 Å². The van der Waals surface area contributed by atoms with Crippen molar-refractivity contribution in [3.8, 4) is 5.75 Å². The lowest BCUT2D eigenvalue weighted by Crippen LogP contribution is -2.20. The van der Waals surface area contributed by atoms with Crippen LogP contribution in [-0.2, 0) is 10.1 Å². The van der Waals surface area contributed by atoms with E-state index in [1.54, 1.807) is 30.3 Å². The van der Waals surface area contributed by atoms with Crippen LogP contribution in [0.4, 0.5) is 22.1 Å². The number of imidazole rings is 1. The van der Waals surface area contributed by atoms with Gasteiger partial charge in [-0.3, -0.25) is 5.32 Å². The molecule has 1 aliphatic rings. The van der Waals surface area contributed by atoms with Gasteiger partial charge in [-0.15, -0.1) is 0 Å². The summed E-state index contributed by atoms with van der Waals surface area (Å²) in [5.74, 6) is 0.344. The van der Waals surface area contributed by atoms with Crippen molar-refractivity contribution in [2.24, 2.45) is 0 Å². The molecule has 180 valence electrons. The van der Waals surface area contributed by atoms with Crippen LogP contribution in [0.25, 0.3) is 11.0 Å². The number of carbonyl (C=O) groups is 1. The highest BCUT2D eigenvalue weighted by atomic mass is 32.2. The molecular weight excluding hydrogens is 466 g/mol. The molecule has 0 spiro atoms. The van der Waals surface area contributed by atoms with Gasteiger partial charge in [0.1, 0.15) is 10.6 Å². The summed E-state index contributed by atoms with van der Waals surface area (Å²) in [6.45, 7) is 0. The minimum Gasteiger partial charge on any atom is -0.382 e. The number of nitrogens with one attached hydrogen (secondary N) is 4. The second-order valence-corrected chi connectivity index (χ2v) is 9.94. The van der Waals surface area contributed by atoms with Crippen LogP contribution in [0.3, 0.4) is 0 Å². The first-order chi connectivity index (χ1) is 16.9. The number of nitrogens with zero attached hydrogens (tertiary/aromatic N) is 1. The first kappa shape index (κ1) is 22.7. The Kier molecular flexibility index (Phi) is 6.28. The molecule has 0 unspecified atom stereocenters. The molecule has 5 rings (SSSR count). The fraction of sp³-hybridized carbons (Fsp3) is 0.200. The van der Waals surface area contributed by atoms with Crippen LogP contribution in [0.1, 0.15) is 25.7 Å². The standard InChI is InChI=1S/C25H25N5O4S/c31-25(27-18-6-2-1-3-7-18)30-24-28-22-15-12-20(16-23(22)29-24)34-35(32,33)21-13-10-19(11-14-21)26-17-8-4-5-9-17/h1-3,6-7,10-17,26H,4-5,8-9H2,(H3,27,28,29,30,31). The highest BCUT2D eigenvalue weighted by Gasteiger charge is 2.19. The molecule has 0 saturated heterocycles. The topological polar surface area (TPSA) is 125 Å². The minimum absolute atomic E-state index is 0.0662. The van der Waals surface area contributed by atoms with Gasteiger partial charge in [-0.2, -0.15) is 8.42 Å². The van der Waals surface area contributed by atoms with Gasteiger partial charge >= 0.3 is 16.1 Å². The monoisotopic (exact) mass is 491 g/mol. The predicted molar refractivity (Wildman–Crippen MR) is 135 cm³/mol. The van der Waals surface area contributed by atoms with E-state index in [9.17, 15) is 13.2 Å². The van der Waals surface area contributed by atoms with Crippen LogP contribution in [-0.4, -0.2) is 30.5 Å². The number of para-hydroxylation sites is 1. The number of amides is 2. The predicted octanol–water partition coefficient (Wildman–Crippen LogP) is 5.33. The third-order valence-electron chi connectivity index (χ3n) is 5.79. The molecule has 2 amide bonds. The zero-order valence-electron chi connectivity index (χ0n) is 18.8. The Labute approximate surface area is 203 Å². The van der Waals surface area contributed by atoms with Crippen LogP contribution < -0.4 is 20.1 Å². The molecule has 4 aromatic rings. The van der Waals surface area contributed by atoms with Gasteiger partial charge in [0.15, 0.2) is 0 Å². The number of rotatable bonds is 7. The number of anilines is 3. The molecule has 10 heteroatoms. The van der Waals surface area contributed by atoms with Gasteiger partial charge in [0.2, 0.25) is 5.95 Å². The first-order valence-corrected chi connectivity index (χ1v) is 12.8. The summed E-state index contributed by atoms with van der Waals surface area (Å²) in [6, 6.07) is 20.2. The minimum atomic E-state index is -4.02. The Bertz CT molecular complexity index is 1430. The van der Waals surface area contributed by atoms with Gasteiger partial charge in [0, 0.05) is 23.5 Å². The van der Waals surface area contributed by atoms with E-state index in [4.69, 9.17) is 4.18 Å². The van der Waals surface area contributed by atoms with E-state index >= 15 is 0 Å². The highest BCUT2D eigenvalue weighted by molar-refractivity contribution is 7.87. The largest absolute Gasteiger partial charge is 0.382 e. The number of urea groups is 1. The number of aromatic amines is 1. The number of fused-ring (bicyclic) bond motifs is 1. The van der Waals surface area contributed by atoms with Crippen LogP contribution in [0.5, 0.6) is 5.75 Å². The summed E-state index contributed by atoms with van der Waals surface area (Å²) in [5.41, 5.74) is 2.60. The van der Waals surface area contributed by atoms with E-state index < -0.39 is 16.1 Å². The van der Waals surface area contributed by atoms with E-state index in [-0.39, 0.29) is 16.6 Å². The van der Waals surface area contributed by atoms with Crippen LogP contribution in [0, 0.1) is 0 Å². The van der Waals surface area contributed by atoms with Gasteiger partial charge < -0.3 is 19.8 Å². The summed E-state index contributed by atoms with van der Waals surface area (Å²) in [7, 11) is -4.02. The van der Waals surface area contributed by atoms with Crippen molar-refractivity contribution in [1.82, 2.24) is 9.97 Å². The number of hydrogen-bond acceptors (Lipinski definition) is 6. The molecule has 3 aromatic carbocycles. The highest BCUT2D eigenvalue weighted by Crippen LogP contribution is 2.26. The number of hydrogen-bond donors (Lipinski definition) is 4. The van der Waals surface area contributed by atoms with Gasteiger partial charge in [-0.1, -0.05) is 31.0 Å². The Morgan fingerprint density at radius 2 is 1.66 bits per heavy atom. The Hall–Kier alpha value is -4.05. The zero-order valence-corrected chi connectivity index (χ0v) is 19.6. The maximum atomic E-state index is 12.8. The molecule has 0 atom stereocenters. The third-order valence-corrected chi connectivity index (χ3v) is 7.05. The summed E-state index contributed by atoms with van der Waals surface area (Å²) in [5, 5.41) is 8.76. The van der Waals surface area contributed by atoms with Crippen molar-refractivity contribution >= 4 is 44.5 Å². The second kappa shape index (κ2) is 9.67. The van der Waals surface area contributed by atoms with Gasteiger partial charge in [-0.25, -0.2) is 9.78 Å². The molecule has 1 heterocycles. The summed E-state index contributed by atoms with van der Waals surface area (Å²) in [6.07, 6.45) is 4.70. The van der Waals surface area contributed by atoms with E-state index in [0.29, 0.717) is 22.8 Å². The lowest BCUT2D eigenvalue weighted by atomic mass is 10.2. The Morgan fingerprint density at radius 3 is 2.40 bits per heavy atom. The van der Waals surface area contributed by atoms with E-state index in [1.807, 2.05) is 18.2 Å². The van der Waals surface area contributed by atoms with Crippen molar-refractivity contribution in [3.05, 3.63) is 72.8 Å². The van der Waals surface area contributed by atoms with Crippen LogP contribution >= 0.6 is 0 Å². The molecule has 1 fully saturated rings. The van der Waals surface area contributed by atoms with Gasteiger partial charge in [0.25, 0.3) is 0 Å². The molecule has 0 radical (unpaired) electrons. The molecule has 0 bridgehead atoms. The third kappa shape index (κ3) is 5.55. The number of aromatic nitrogens is 2. The first-order valence-electron chi connectivity index (χ1n) is 11.4. The lowest BCUT2D eigenvalue weighted by Gasteiger charge is -2.14. The average molecular weight is 492 g/mol. The zero-order chi connectivity index (χ0) is 24.3. The van der Waals surface area contributed by atoms with Crippen molar-refractivity contribution in [3.63, 3.8) is 0 Å². The number of H-pyrrole nitrogens is 1. The van der Waals surface area contributed by atoms with Crippen molar-refractivity contribution < 1.29 is 17.4 Å². The van der Waals surface area contributed by atoms with Crippen LogP contribution in [0.2, 0.25) is 0 Å². The smallest absolute Gasteiger partial charge is 0.339 e. The normalized spacial score (nSPS) is 14.1. The maximum Gasteiger partial charge on any atom is 0.339 e. The summed E-state index contributed by atoms with van der Waals surface area (Å²) in [4.78, 5) is 19.5. The Morgan fingerprint density at radius 1 is 0.914 bits per heavy atom. The molecular formula is C25H25N5O4S. The van der Waals surface area contributed by atoms with Crippen molar-refractivity contribution in [2.45, 2.75) is 36.6 Å². The molecule has 0 aliphatic heterocycles. The lowest BCUT2D eigenvalue weighted by molar-refractivity contribution is 0.262. The second-order valence-electron chi connectivity index (χ2n) is 8.40. The van der Waals surface area contributed by atoms with E-state index in [0.717, 1.165) is 18.5 Å². The van der Waals surface area contributed by atoms with E-state index in [2.05, 4.69) is 25.9 Å². The summed E-state index contributed by atoms with van der Waals surface area (Å²) >= 11 is 0. The molecule has 1 aliphatic carbocycles. The molecule has 4 N–H and O–H groups in total. The quantitative estimate of drug-likeness (QED) is 0.259. The molecule has 1 saturated carbocycles. The van der Waals surface area contributed by atoms with Crippen molar-refractivity contribution in [2.75, 3.05) is 16.0 Å². The molecule has 9 nitrogen and oxygen atoms in total. The Balaban J connectivity index is 1.25. The van der Waals surface area contributed by atoms with Gasteiger partial charge in [0.05, 0.1) is 11.0 Å². The number of carbonyl (C=O) groups excluding carboxylic acids is 1. The molecule has 35 heavy (non-hydrogen) atoms. The van der Waals surface area contributed by atoms with Crippen LogP contribution in [0.15, 0.2) is 77.7 Å². The average Bonchev–Trinajstić information content (AvgIpc) is 3.49. The fourth-order valence-electron chi connectivity index (χ4n) is 4.09. The van der Waals surface area contributed by atoms with Crippen molar-refractivity contribution in [1.29, 1.82) is 0 Å².